The summed E-state index contributed by atoms with van der Waals surface area (Å²) in [6.07, 6.45) is 3.79. The molecule has 0 aliphatic rings. The first-order chi connectivity index (χ1) is 17.6. The summed E-state index contributed by atoms with van der Waals surface area (Å²) in [7, 11) is 0. The van der Waals surface area contributed by atoms with Crippen LogP contribution in [-0.2, 0) is 17.9 Å². The van der Waals surface area contributed by atoms with Crippen molar-refractivity contribution in [1.82, 2.24) is 34.6 Å². The number of rotatable bonds is 9. The molecule has 5 rings (SSSR count). The Morgan fingerprint density at radius 3 is 2.69 bits per heavy atom. The van der Waals surface area contributed by atoms with Crippen molar-refractivity contribution in [3.8, 4) is 23.0 Å². The van der Waals surface area contributed by atoms with Gasteiger partial charge in [0.25, 0.3) is 0 Å². The van der Waals surface area contributed by atoms with Crippen LogP contribution >= 0.6 is 12.2 Å². The van der Waals surface area contributed by atoms with Gasteiger partial charge >= 0.3 is 0 Å². The van der Waals surface area contributed by atoms with Gasteiger partial charge in [0, 0.05) is 31.3 Å². The van der Waals surface area contributed by atoms with Gasteiger partial charge in [0.05, 0.1) is 17.6 Å². The van der Waals surface area contributed by atoms with E-state index in [2.05, 4.69) is 25.5 Å². The zero-order chi connectivity index (χ0) is 24.9. The molecule has 0 saturated heterocycles. The molecule has 0 unspecified atom stereocenters. The van der Waals surface area contributed by atoms with Crippen molar-refractivity contribution in [2.24, 2.45) is 0 Å². The Morgan fingerprint density at radius 1 is 1.08 bits per heavy atom. The lowest BCUT2D eigenvalue weighted by atomic mass is 10.2. The molecule has 3 heterocycles. The first kappa shape index (κ1) is 23.4. The number of aromatic nitrogens is 6. The van der Waals surface area contributed by atoms with Crippen molar-refractivity contribution in [1.29, 1.82) is 0 Å². The summed E-state index contributed by atoms with van der Waals surface area (Å²) < 4.78 is 9.74. The molecule has 0 fully saturated rings. The quantitative estimate of drug-likeness (QED) is 0.291. The molecule has 36 heavy (non-hydrogen) atoms. The van der Waals surface area contributed by atoms with Crippen LogP contribution in [0, 0.1) is 4.77 Å². The number of para-hydroxylation sites is 2. The standard InChI is InChI=1S/C26H25N7O2S/c1-2-35-20-10-8-19(9-11-20)25-30-31-26(36)32(25)14-13-24(34)28-16-18-7-12-23(27-15-18)33-17-29-21-5-3-4-6-22(21)33/h3-12,15,17H,2,13-14,16H2,1H3,(H,28,34)(H,31,36). The lowest BCUT2D eigenvalue weighted by Gasteiger charge is -2.09. The van der Waals surface area contributed by atoms with E-state index >= 15 is 0 Å². The van der Waals surface area contributed by atoms with Crippen molar-refractivity contribution in [3.05, 3.63) is 83.5 Å². The number of hydrogen-bond donors (Lipinski definition) is 2. The van der Waals surface area contributed by atoms with Gasteiger partial charge in [-0.25, -0.2) is 9.97 Å². The van der Waals surface area contributed by atoms with Crippen LogP contribution in [0.1, 0.15) is 18.9 Å². The van der Waals surface area contributed by atoms with E-state index in [0.29, 0.717) is 30.3 Å². The second-order valence-corrected chi connectivity index (χ2v) is 8.50. The molecule has 0 aliphatic heterocycles. The first-order valence-corrected chi connectivity index (χ1v) is 12.1. The van der Waals surface area contributed by atoms with Gasteiger partial charge in [-0.2, -0.15) is 5.10 Å². The maximum Gasteiger partial charge on any atom is 0.222 e. The number of hydrogen-bond acceptors (Lipinski definition) is 6. The minimum atomic E-state index is -0.0829. The third-order valence-electron chi connectivity index (χ3n) is 5.74. The molecule has 0 atom stereocenters. The lowest BCUT2D eigenvalue weighted by molar-refractivity contribution is -0.121. The highest BCUT2D eigenvalue weighted by atomic mass is 32.1. The summed E-state index contributed by atoms with van der Waals surface area (Å²) in [5.74, 6) is 2.17. The monoisotopic (exact) mass is 499 g/mol. The average molecular weight is 500 g/mol. The molecular formula is C26H25N7O2S. The largest absolute Gasteiger partial charge is 0.494 e. The summed E-state index contributed by atoms with van der Waals surface area (Å²) in [6.45, 7) is 3.35. The van der Waals surface area contributed by atoms with Gasteiger partial charge in [0.15, 0.2) is 10.6 Å². The Kier molecular flexibility index (Phi) is 6.85. The predicted molar refractivity (Wildman–Crippen MR) is 139 cm³/mol. The molecule has 0 radical (unpaired) electrons. The molecule has 10 heteroatoms. The summed E-state index contributed by atoms with van der Waals surface area (Å²) in [4.78, 5) is 21.5. The van der Waals surface area contributed by atoms with Crippen LogP contribution in [0.25, 0.3) is 28.2 Å². The van der Waals surface area contributed by atoms with Crippen LogP contribution in [0.4, 0.5) is 0 Å². The Morgan fingerprint density at radius 2 is 1.92 bits per heavy atom. The maximum absolute atomic E-state index is 12.5. The maximum atomic E-state index is 12.5. The number of nitrogens with one attached hydrogen (secondary N) is 2. The summed E-state index contributed by atoms with van der Waals surface area (Å²) in [5, 5.41) is 10.1. The molecule has 182 valence electrons. The second-order valence-electron chi connectivity index (χ2n) is 8.12. The van der Waals surface area contributed by atoms with Gasteiger partial charge < -0.3 is 10.1 Å². The second kappa shape index (κ2) is 10.5. The van der Waals surface area contributed by atoms with Crippen molar-refractivity contribution in [2.45, 2.75) is 26.4 Å². The van der Waals surface area contributed by atoms with Crippen molar-refractivity contribution < 1.29 is 9.53 Å². The Balaban J connectivity index is 1.18. The SMILES string of the molecule is CCOc1ccc(-c2n[nH]c(=S)n2CCC(=O)NCc2ccc(-n3cnc4ccccc43)nc2)cc1. The van der Waals surface area contributed by atoms with Crippen molar-refractivity contribution in [2.75, 3.05) is 6.61 Å². The van der Waals surface area contributed by atoms with Crippen LogP contribution in [0.5, 0.6) is 5.75 Å². The molecule has 0 aliphatic carbocycles. The fourth-order valence-corrected chi connectivity index (χ4v) is 4.14. The van der Waals surface area contributed by atoms with Gasteiger partial charge in [-0.15, -0.1) is 0 Å². The fraction of sp³-hybridized carbons (Fsp3) is 0.192. The highest BCUT2D eigenvalue weighted by Gasteiger charge is 2.11. The third-order valence-corrected chi connectivity index (χ3v) is 6.06. The van der Waals surface area contributed by atoms with Gasteiger partial charge in [0.1, 0.15) is 17.9 Å². The lowest BCUT2D eigenvalue weighted by Crippen LogP contribution is -2.24. The van der Waals surface area contributed by atoms with E-state index in [-0.39, 0.29) is 12.3 Å². The third kappa shape index (κ3) is 5.03. The van der Waals surface area contributed by atoms with Crippen LogP contribution in [-0.4, -0.2) is 41.8 Å². The van der Waals surface area contributed by atoms with Crippen LogP contribution < -0.4 is 10.1 Å². The van der Waals surface area contributed by atoms with Crippen molar-refractivity contribution >= 4 is 29.2 Å². The zero-order valence-electron chi connectivity index (χ0n) is 19.7. The number of aromatic amines is 1. The van der Waals surface area contributed by atoms with Crippen LogP contribution in [0.2, 0.25) is 0 Å². The number of imidazole rings is 1. The fourth-order valence-electron chi connectivity index (χ4n) is 3.92. The van der Waals surface area contributed by atoms with E-state index in [0.717, 1.165) is 33.7 Å². The van der Waals surface area contributed by atoms with E-state index in [9.17, 15) is 4.79 Å². The number of amides is 1. The number of benzene rings is 2. The molecule has 9 nitrogen and oxygen atoms in total. The van der Waals surface area contributed by atoms with E-state index in [1.54, 1.807) is 12.5 Å². The minimum Gasteiger partial charge on any atom is -0.494 e. The number of nitrogens with zero attached hydrogens (tertiary/aromatic N) is 5. The molecule has 2 aromatic carbocycles. The Hall–Kier alpha value is -4.31. The zero-order valence-corrected chi connectivity index (χ0v) is 20.5. The molecule has 1 amide bonds. The number of fused-ring (bicyclic) bond motifs is 1. The number of carbonyl (C=O) groups is 1. The highest BCUT2D eigenvalue weighted by Crippen LogP contribution is 2.21. The van der Waals surface area contributed by atoms with Crippen LogP contribution in [0.15, 0.2) is 73.2 Å². The number of pyridine rings is 1. The van der Waals surface area contributed by atoms with E-state index in [4.69, 9.17) is 17.0 Å². The molecule has 3 aromatic heterocycles. The number of carbonyl (C=O) groups excluding carboxylic acids is 1. The van der Waals surface area contributed by atoms with Gasteiger partial charge in [-0.1, -0.05) is 18.2 Å². The van der Waals surface area contributed by atoms with Crippen LogP contribution in [0.3, 0.4) is 0 Å². The van der Waals surface area contributed by atoms with Gasteiger partial charge in [-0.3, -0.25) is 19.0 Å². The topological polar surface area (TPSA) is 103 Å². The molecule has 0 saturated carbocycles. The normalized spacial score (nSPS) is 11.0. The molecule has 5 aromatic rings. The molecule has 2 N–H and O–H groups in total. The van der Waals surface area contributed by atoms with Gasteiger partial charge in [0.2, 0.25) is 5.91 Å². The molecule has 0 spiro atoms. The summed E-state index contributed by atoms with van der Waals surface area (Å²) in [6, 6.07) is 19.4. The average Bonchev–Trinajstić information content (AvgIpc) is 3.51. The molecular weight excluding hydrogens is 474 g/mol. The number of ether oxygens (including phenoxy) is 1. The Labute approximate surface area is 212 Å². The van der Waals surface area contributed by atoms with E-state index in [1.807, 2.05) is 76.7 Å². The highest BCUT2D eigenvalue weighted by molar-refractivity contribution is 7.71. The summed E-state index contributed by atoms with van der Waals surface area (Å²) >= 11 is 5.38. The number of H-pyrrole nitrogens is 1. The first-order valence-electron chi connectivity index (χ1n) is 11.6. The predicted octanol–water partition coefficient (Wildman–Crippen LogP) is 4.45. The molecule has 0 bridgehead atoms. The van der Waals surface area contributed by atoms with E-state index in [1.165, 1.54) is 0 Å². The van der Waals surface area contributed by atoms with E-state index < -0.39 is 0 Å². The summed E-state index contributed by atoms with van der Waals surface area (Å²) in [5.41, 5.74) is 3.71. The van der Waals surface area contributed by atoms with Crippen molar-refractivity contribution in [3.63, 3.8) is 0 Å². The Bertz CT molecular complexity index is 1540. The van der Waals surface area contributed by atoms with Gasteiger partial charge in [-0.05, 0) is 67.2 Å². The smallest absolute Gasteiger partial charge is 0.222 e. The minimum absolute atomic E-state index is 0.0829.